The molecule has 0 unspecified atom stereocenters. The van der Waals surface area contributed by atoms with Gasteiger partial charge in [-0.15, -0.1) is 0 Å². The lowest BCUT2D eigenvalue weighted by molar-refractivity contribution is -0.380. The van der Waals surface area contributed by atoms with Gasteiger partial charge < -0.3 is 78.7 Å². The Bertz CT molecular complexity index is 1560. The molecule has 4 aliphatic carbocycles. The van der Waals surface area contributed by atoms with E-state index in [2.05, 4.69) is 33.8 Å². The van der Waals surface area contributed by atoms with Crippen molar-refractivity contribution in [3.8, 4) is 0 Å². The summed E-state index contributed by atoms with van der Waals surface area (Å²) in [6, 6.07) is 0. The molecule has 0 bridgehead atoms. The van der Waals surface area contributed by atoms with Crippen LogP contribution in [0.3, 0.4) is 0 Å². The Morgan fingerprint density at radius 2 is 1.40 bits per heavy atom. The van der Waals surface area contributed by atoms with E-state index in [9.17, 15) is 40.9 Å². The molecule has 9 rings (SSSR count). The summed E-state index contributed by atoms with van der Waals surface area (Å²) in [7, 11) is 0. The average Bonchev–Trinajstić information content (AvgIpc) is 3.79. The van der Waals surface area contributed by atoms with Gasteiger partial charge in [0, 0.05) is 12.3 Å². The number of hydrogen-bond donors (Lipinski definition) is 8. The van der Waals surface area contributed by atoms with Gasteiger partial charge in [-0.1, -0.05) is 39.3 Å². The highest BCUT2D eigenvalue weighted by Crippen LogP contribution is 2.70. The molecule has 8 fully saturated rings. The Labute approximate surface area is 352 Å². The lowest BCUT2D eigenvalue weighted by Crippen LogP contribution is -2.65. The van der Waals surface area contributed by atoms with Crippen molar-refractivity contribution in [2.75, 3.05) is 19.8 Å². The second-order valence-electron chi connectivity index (χ2n) is 20.6. The van der Waals surface area contributed by atoms with Crippen LogP contribution >= 0.6 is 0 Å². The van der Waals surface area contributed by atoms with Crippen molar-refractivity contribution in [3.63, 3.8) is 0 Å². The topological polar surface area (TPSA) is 236 Å². The minimum atomic E-state index is -1.70. The molecule has 0 aromatic rings. The van der Waals surface area contributed by atoms with Crippen molar-refractivity contribution in [2.24, 2.45) is 46.3 Å². The van der Waals surface area contributed by atoms with Gasteiger partial charge in [0.05, 0.1) is 38.1 Å². The van der Waals surface area contributed by atoms with Gasteiger partial charge in [0.25, 0.3) is 0 Å². The van der Waals surface area contributed by atoms with Crippen molar-refractivity contribution >= 4 is 0 Å². The maximum atomic E-state index is 11.9. The first-order chi connectivity index (χ1) is 28.5. The van der Waals surface area contributed by atoms with Gasteiger partial charge in [0.15, 0.2) is 24.7 Å². The highest BCUT2D eigenvalue weighted by molar-refractivity contribution is 5.26. The van der Waals surface area contributed by atoms with Crippen LogP contribution in [0.25, 0.3) is 0 Å². The molecule has 5 heterocycles. The van der Waals surface area contributed by atoms with Crippen molar-refractivity contribution in [2.45, 2.75) is 196 Å². The first-order valence-corrected chi connectivity index (χ1v) is 22.8. The van der Waals surface area contributed by atoms with Crippen LogP contribution in [-0.4, -0.2) is 165 Å². The third-order valence-corrected chi connectivity index (χ3v) is 17.3. The van der Waals surface area contributed by atoms with Gasteiger partial charge in [-0.3, -0.25) is 0 Å². The second kappa shape index (κ2) is 16.5. The Morgan fingerprint density at radius 3 is 2.10 bits per heavy atom. The summed E-state index contributed by atoms with van der Waals surface area (Å²) in [5, 5.41) is 84.8. The molecule has 0 radical (unpaired) electrons. The van der Waals surface area contributed by atoms with Crippen LogP contribution < -0.4 is 0 Å². The average molecular weight is 855 g/mol. The van der Waals surface area contributed by atoms with Gasteiger partial charge >= 0.3 is 0 Å². The molecule has 5 aliphatic heterocycles. The molecular weight excluding hydrogens is 784 g/mol. The molecule has 25 atom stereocenters. The lowest BCUT2D eigenvalue weighted by atomic mass is 9.47. The molecule has 5 saturated heterocycles. The smallest absolute Gasteiger partial charge is 0.187 e. The summed E-state index contributed by atoms with van der Waals surface area (Å²) in [5.74, 6) is 2.65. The zero-order valence-corrected chi connectivity index (χ0v) is 35.6. The number of ether oxygens (including phenoxy) is 8. The molecule has 60 heavy (non-hydrogen) atoms. The van der Waals surface area contributed by atoms with E-state index in [-0.39, 0.29) is 23.0 Å². The van der Waals surface area contributed by atoms with Crippen LogP contribution in [0.2, 0.25) is 0 Å². The summed E-state index contributed by atoms with van der Waals surface area (Å²) in [6.45, 7) is 10.7. The first kappa shape index (κ1) is 44.3. The van der Waals surface area contributed by atoms with Gasteiger partial charge in [0.2, 0.25) is 0 Å². The molecular formula is C44H70O16. The quantitative estimate of drug-likeness (QED) is 0.158. The van der Waals surface area contributed by atoms with Crippen molar-refractivity contribution in [1.82, 2.24) is 0 Å². The fourth-order valence-corrected chi connectivity index (χ4v) is 13.8. The summed E-state index contributed by atoms with van der Waals surface area (Å²) in [6.07, 6.45) is -8.79. The summed E-state index contributed by atoms with van der Waals surface area (Å²) in [4.78, 5) is 0. The molecule has 0 aromatic carbocycles. The van der Waals surface area contributed by atoms with Crippen LogP contribution in [0.1, 0.15) is 92.4 Å². The van der Waals surface area contributed by atoms with E-state index in [4.69, 9.17) is 37.9 Å². The van der Waals surface area contributed by atoms with Gasteiger partial charge in [0.1, 0.15) is 61.0 Å². The highest BCUT2D eigenvalue weighted by Gasteiger charge is 2.69. The summed E-state index contributed by atoms with van der Waals surface area (Å²) >= 11 is 0. The zero-order chi connectivity index (χ0) is 42.6. The molecule has 8 N–H and O–H groups in total. The molecule has 0 amide bonds. The predicted molar refractivity (Wildman–Crippen MR) is 208 cm³/mol. The Balaban J connectivity index is 0.913. The predicted octanol–water partition coefficient (Wildman–Crippen LogP) is 0.853. The Kier molecular flexibility index (Phi) is 12.2. The van der Waals surface area contributed by atoms with Crippen LogP contribution in [0, 0.1) is 46.3 Å². The Morgan fingerprint density at radius 1 is 0.700 bits per heavy atom. The highest BCUT2D eigenvalue weighted by atomic mass is 16.8. The third-order valence-electron chi connectivity index (χ3n) is 17.3. The number of aliphatic hydroxyl groups is 8. The summed E-state index contributed by atoms with van der Waals surface area (Å²) in [5.41, 5.74) is 1.54. The van der Waals surface area contributed by atoms with Gasteiger partial charge in [-0.05, 0) is 98.7 Å². The number of aliphatic hydroxyl groups excluding tert-OH is 8. The van der Waals surface area contributed by atoms with Crippen molar-refractivity contribution in [1.29, 1.82) is 0 Å². The van der Waals surface area contributed by atoms with Crippen molar-refractivity contribution in [3.05, 3.63) is 11.6 Å². The molecule has 9 aliphatic rings. The van der Waals surface area contributed by atoms with Crippen LogP contribution in [-0.2, 0) is 37.9 Å². The van der Waals surface area contributed by atoms with Gasteiger partial charge in [-0.25, -0.2) is 0 Å². The van der Waals surface area contributed by atoms with Crippen LogP contribution in [0.4, 0.5) is 0 Å². The maximum Gasteiger partial charge on any atom is 0.187 e. The fraction of sp³-hybridized carbons (Fsp3) is 0.955. The monoisotopic (exact) mass is 854 g/mol. The Hall–Kier alpha value is -0.900. The molecule has 3 saturated carbocycles. The van der Waals surface area contributed by atoms with E-state index in [1.165, 1.54) is 18.9 Å². The van der Waals surface area contributed by atoms with Gasteiger partial charge in [-0.2, -0.15) is 0 Å². The molecule has 16 heteroatoms. The zero-order valence-electron chi connectivity index (χ0n) is 35.6. The van der Waals surface area contributed by atoms with Crippen LogP contribution in [0.15, 0.2) is 11.6 Å². The molecule has 0 aromatic heterocycles. The molecule has 342 valence electrons. The number of allylic oxidation sites excluding steroid dienone is 1. The van der Waals surface area contributed by atoms with E-state index in [1.54, 1.807) is 0 Å². The van der Waals surface area contributed by atoms with E-state index in [0.717, 1.165) is 45.1 Å². The second-order valence-corrected chi connectivity index (χ2v) is 20.6. The standard InChI is InChI=1S/C44H70O16/c1-19-8-13-44(53-18-19)20(2)30-27(60-44)15-26-24-7-6-22-14-23(9-11-42(22,4)25(24)10-12-43(26,30)5)55-41-38(59-39-35(51)33(49)31(47)21(3)54-39)36(52)37(29(17-46)57-41)58-40-34(50)32(48)28(16-45)56-40/h6,19-21,23-41,45-52H,7-18H2,1-5H3/t19-,20-,21+,23+,24+,25-,26-,27-,28-,29+,30-,31+,32-,33-,34+,35+,36-,37+,38+,39-,40-,41+,42+,43-,44+/m1/s1. The number of fused-ring (bicyclic) bond motifs is 7. The minimum absolute atomic E-state index is 0.0141. The molecule has 1 spiro atoms. The van der Waals surface area contributed by atoms with E-state index >= 15 is 0 Å². The minimum Gasteiger partial charge on any atom is -0.394 e. The van der Waals surface area contributed by atoms with Crippen LogP contribution in [0.5, 0.6) is 0 Å². The number of rotatable bonds is 8. The van der Waals surface area contributed by atoms with Crippen molar-refractivity contribution < 1.29 is 78.7 Å². The summed E-state index contributed by atoms with van der Waals surface area (Å²) < 4.78 is 49.9. The largest absolute Gasteiger partial charge is 0.394 e. The van der Waals surface area contributed by atoms with E-state index < -0.39 is 105 Å². The normalized spacial score (nSPS) is 57.7. The lowest BCUT2D eigenvalue weighted by Gasteiger charge is -2.58. The molecule has 16 nitrogen and oxygen atoms in total. The number of hydrogen-bond acceptors (Lipinski definition) is 16. The SMILES string of the molecule is C[C@@H]1CC[C@]2(OC1)O[C@@H]1C[C@@H]3[C@H]4CC=C5C[C@@H](O[C@H]6O[C@@H](CO)[C@H](O[C@H]7O[C@H](CO)[C@@H](O)[C@@H]7O)[C@@H](O)[C@@H]6O[C@H]6O[C@@H](C)[C@H](O)[C@@H](O)[C@@H]6O)CC[C@]5(C)[C@@H]4CC[C@@]3(C)[C@@H]1[C@H]2C. The van der Waals surface area contributed by atoms with E-state index in [1.807, 2.05) is 0 Å². The fourth-order valence-electron chi connectivity index (χ4n) is 13.8. The third kappa shape index (κ3) is 7.10. The maximum absolute atomic E-state index is 11.9. The first-order valence-electron chi connectivity index (χ1n) is 22.8. The van der Waals surface area contributed by atoms with E-state index in [0.29, 0.717) is 48.3 Å².